The summed E-state index contributed by atoms with van der Waals surface area (Å²) in [5.41, 5.74) is 7.15. The van der Waals surface area contributed by atoms with Gasteiger partial charge in [-0.2, -0.15) is 0 Å². The molecule has 0 fully saturated rings. The highest BCUT2D eigenvalue weighted by molar-refractivity contribution is 5.80. The van der Waals surface area contributed by atoms with Gasteiger partial charge < -0.3 is 10.5 Å². The SMILES string of the molecule is C[C@](N)(CC#CCCc1ccccc1)C(=O)OCc1ccccc1. The van der Waals surface area contributed by atoms with Crippen molar-refractivity contribution in [3.63, 3.8) is 0 Å². The highest BCUT2D eigenvalue weighted by Gasteiger charge is 2.29. The van der Waals surface area contributed by atoms with Crippen LogP contribution in [0.25, 0.3) is 0 Å². The first-order valence-electron chi connectivity index (χ1n) is 8.07. The fraction of sp³-hybridized carbons (Fsp3) is 0.286. The van der Waals surface area contributed by atoms with Crippen molar-refractivity contribution >= 4 is 5.97 Å². The van der Waals surface area contributed by atoms with Crippen LogP contribution in [0.1, 0.15) is 30.9 Å². The van der Waals surface area contributed by atoms with Crippen LogP contribution in [0.4, 0.5) is 0 Å². The minimum absolute atomic E-state index is 0.230. The van der Waals surface area contributed by atoms with Crippen LogP contribution in [0.5, 0.6) is 0 Å². The summed E-state index contributed by atoms with van der Waals surface area (Å²) in [6.07, 6.45) is 1.93. The molecule has 24 heavy (non-hydrogen) atoms. The van der Waals surface area contributed by atoms with E-state index in [1.54, 1.807) is 6.92 Å². The molecule has 0 bridgehead atoms. The Morgan fingerprint density at radius 2 is 1.58 bits per heavy atom. The van der Waals surface area contributed by atoms with Gasteiger partial charge in [0.1, 0.15) is 12.1 Å². The lowest BCUT2D eigenvalue weighted by Crippen LogP contribution is -2.45. The van der Waals surface area contributed by atoms with Crippen LogP contribution in [0.3, 0.4) is 0 Å². The molecule has 1 atom stereocenters. The molecule has 0 spiro atoms. The van der Waals surface area contributed by atoms with E-state index < -0.39 is 11.5 Å². The number of hydrogen-bond donors (Lipinski definition) is 1. The highest BCUT2D eigenvalue weighted by Crippen LogP contribution is 2.10. The highest BCUT2D eigenvalue weighted by atomic mass is 16.5. The molecule has 0 unspecified atom stereocenters. The summed E-state index contributed by atoms with van der Waals surface area (Å²) in [6.45, 7) is 1.89. The fourth-order valence-corrected chi connectivity index (χ4v) is 2.15. The molecule has 2 aromatic rings. The number of carbonyl (C=O) groups excluding carboxylic acids is 1. The average Bonchev–Trinajstić information content (AvgIpc) is 2.61. The van der Waals surface area contributed by atoms with Crippen LogP contribution in [-0.4, -0.2) is 11.5 Å². The lowest BCUT2D eigenvalue weighted by atomic mass is 10.00. The number of esters is 1. The maximum atomic E-state index is 12.1. The second kappa shape index (κ2) is 8.90. The standard InChI is InChI=1S/C21H23NO2/c1-21(22,20(23)24-17-19-14-7-3-8-15-19)16-10-4-9-13-18-11-5-2-6-12-18/h2-3,5-8,11-12,14-15H,9,13,16-17,22H2,1H3/t21-/m0/s1. The van der Waals surface area contributed by atoms with Gasteiger partial charge in [0, 0.05) is 12.8 Å². The van der Waals surface area contributed by atoms with Crippen molar-refractivity contribution in [1.82, 2.24) is 0 Å². The third-order valence-corrected chi connectivity index (χ3v) is 3.64. The Morgan fingerprint density at radius 3 is 2.21 bits per heavy atom. The molecular formula is C21H23NO2. The molecule has 124 valence electrons. The van der Waals surface area contributed by atoms with E-state index in [9.17, 15) is 4.79 Å². The van der Waals surface area contributed by atoms with E-state index in [1.165, 1.54) is 5.56 Å². The average molecular weight is 321 g/mol. The smallest absolute Gasteiger partial charge is 0.327 e. The summed E-state index contributed by atoms with van der Waals surface area (Å²) in [4.78, 5) is 12.1. The molecule has 0 saturated carbocycles. The van der Waals surface area contributed by atoms with Gasteiger partial charge in [0.25, 0.3) is 0 Å². The minimum atomic E-state index is -1.09. The molecule has 0 heterocycles. The van der Waals surface area contributed by atoms with Crippen LogP contribution in [0, 0.1) is 11.8 Å². The third kappa shape index (κ3) is 5.91. The number of nitrogens with two attached hydrogens (primary N) is 1. The van der Waals surface area contributed by atoms with Crippen molar-refractivity contribution in [1.29, 1.82) is 0 Å². The van der Waals surface area contributed by atoms with Crippen molar-refractivity contribution in [2.24, 2.45) is 5.73 Å². The summed E-state index contributed by atoms with van der Waals surface area (Å²) < 4.78 is 5.29. The van der Waals surface area contributed by atoms with Crippen molar-refractivity contribution < 1.29 is 9.53 Å². The van der Waals surface area contributed by atoms with Gasteiger partial charge in [0.05, 0.1) is 0 Å². The topological polar surface area (TPSA) is 52.3 Å². The second-order valence-electron chi connectivity index (χ2n) is 6.00. The summed E-state index contributed by atoms with van der Waals surface area (Å²) in [5.74, 6) is 5.65. The Kier molecular flexibility index (Phi) is 6.60. The molecule has 0 aliphatic carbocycles. The minimum Gasteiger partial charge on any atom is -0.459 e. The predicted molar refractivity (Wildman–Crippen MR) is 96.0 cm³/mol. The number of aryl methyl sites for hydroxylation is 1. The molecular weight excluding hydrogens is 298 g/mol. The molecule has 0 radical (unpaired) electrons. The van der Waals surface area contributed by atoms with Crippen molar-refractivity contribution in [3.05, 3.63) is 71.8 Å². The summed E-state index contributed by atoms with van der Waals surface area (Å²) in [5, 5.41) is 0. The zero-order valence-electron chi connectivity index (χ0n) is 14.0. The van der Waals surface area contributed by atoms with E-state index in [4.69, 9.17) is 10.5 Å². The largest absolute Gasteiger partial charge is 0.459 e. The van der Waals surface area contributed by atoms with Gasteiger partial charge in [-0.05, 0) is 24.5 Å². The molecule has 0 aliphatic heterocycles. The number of benzene rings is 2. The van der Waals surface area contributed by atoms with E-state index in [0.29, 0.717) is 0 Å². The van der Waals surface area contributed by atoms with Crippen LogP contribution in [-0.2, 0) is 22.6 Å². The summed E-state index contributed by atoms with van der Waals surface area (Å²) in [6, 6.07) is 19.7. The van der Waals surface area contributed by atoms with Crippen LogP contribution in [0.15, 0.2) is 60.7 Å². The quantitative estimate of drug-likeness (QED) is 0.655. The Bertz CT molecular complexity index is 697. The van der Waals surface area contributed by atoms with Gasteiger partial charge in [-0.3, -0.25) is 4.79 Å². The molecule has 2 N–H and O–H groups in total. The molecule has 0 amide bonds. The van der Waals surface area contributed by atoms with E-state index in [1.807, 2.05) is 48.5 Å². The maximum absolute atomic E-state index is 12.1. The third-order valence-electron chi connectivity index (χ3n) is 3.64. The van der Waals surface area contributed by atoms with Crippen LogP contribution < -0.4 is 5.73 Å². The van der Waals surface area contributed by atoms with E-state index >= 15 is 0 Å². The molecule has 3 heteroatoms. The summed E-state index contributed by atoms with van der Waals surface area (Å²) in [7, 11) is 0. The second-order valence-corrected chi connectivity index (χ2v) is 6.00. The predicted octanol–water partition coefficient (Wildman–Crippen LogP) is 3.47. The van der Waals surface area contributed by atoms with Crippen LogP contribution >= 0.6 is 0 Å². The van der Waals surface area contributed by atoms with Crippen molar-refractivity contribution in [2.45, 2.75) is 38.3 Å². The van der Waals surface area contributed by atoms with E-state index in [-0.39, 0.29) is 13.0 Å². The number of hydrogen-bond acceptors (Lipinski definition) is 3. The monoisotopic (exact) mass is 321 g/mol. The first-order chi connectivity index (χ1) is 11.6. The van der Waals surface area contributed by atoms with Gasteiger partial charge in [0.15, 0.2) is 0 Å². The van der Waals surface area contributed by atoms with Crippen LogP contribution in [0.2, 0.25) is 0 Å². The lowest BCUT2D eigenvalue weighted by molar-refractivity contribution is -0.150. The zero-order valence-corrected chi connectivity index (χ0v) is 14.0. The molecule has 3 nitrogen and oxygen atoms in total. The van der Waals surface area contributed by atoms with Crippen molar-refractivity contribution in [2.75, 3.05) is 0 Å². The van der Waals surface area contributed by atoms with Gasteiger partial charge in [0.2, 0.25) is 0 Å². The van der Waals surface area contributed by atoms with E-state index in [2.05, 4.69) is 24.0 Å². The molecule has 0 saturated heterocycles. The molecule has 0 aromatic heterocycles. The Morgan fingerprint density at radius 1 is 1.00 bits per heavy atom. The maximum Gasteiger partial charge on any atom is 0.327 e. The van der Waals surface area contributed by atoms with Gasteiger partial charge in [-0.1, -0.05) is 60.7 Å². The summed E-state index contributed by atoms with van der Waals surface area (Å²) >= 11 is 0. The number of carbonyl (C=O) groups is 1. The normalized spacial score (nSPS) is 12.6. The Labute approximate surface area is 143 Å². The van der Waals surface area contributed by atoms with E-state index in [0.717, 1.165) is 18.4 Å². The molecule has 2 rings (SSSR count). The van der Waals surface area contributed by atoms with Gasteiger partial charge in [-0.15, -0.1) is 11.8 Å². The van der Waals surface area contributed by atoms with Gasteiger partial charge in [-0.25, -0.2) is 0 Å². The van der Waals surface area contributed by atoms with Gasteiger partial charge >= 0.3 is 5.97 Å². The molecule has 2 aromatic carbocycles. The number of rotatable bonds is 6. The lowest BCUT2D eigenvalue weighted by Gasteiger charge is -2.19. The first kappa shape index (κ1) is 17.8. The zero-order chi connectivity index (χ0) is 17.3. The Hall–Kier alpha value is -2.57. The van der Waals surface area contributed by atoms with Crippen molar-refractivity contribution in [3.8, 4) is 11.8 Å². The first-order valence-corrected chi connectivity index (χ1v) is 8.07. The molecule has 0 aliphatic rings. The number of ether oxygens (including phenoxy) is 1. The Balaban J connectivity index is 1.76. The fourth-order valence-electron chi connectivity index (χ4n) is 2.15.